The van der Waals surface area contributed by atoms with Gasteiger partial charge in [0, 0.05) is 32.2 Å². The molecule has 1 aromatic carbocycles. The van der Waals surface area contributed by atoms with Crippen LogP contribution in [-0.4, -0.2) is 41.9 Å². The molecule has 2 aromatic rings. The van der Waals surface area contributed by atoms with Gasteiger partial charge >= 0.3 is 6.18 Å². The summed E-state index contributed by atoms with van der Waals surface area (Å²) in [6.07, 6.45) is -4.64. The van der Waals surface area contributed by atoms with Crippen molar-refractivity contribution in [1.82, 2.24) is 4.90 Å². The van der Waals surface area contributed by atoms with Crippen LogP contribution in [0.3, 0.4) is 0 Å². The second-order valence-corrected chi connectivity index (χ2v) is 6.66. The average Bonchev–Trinajstić information content (AvgIpc) is 3.14. The van der Waals surface area contributed by atoms with Gasteiger partial charge in [-0.05, 0) is 23.6 Å². The zero-order chi connectivity index (χ0) is 18.9. The molecule has 26 heavy (non-hydrogen) atoms. The molecule has 2 heterocycles. The number of alkyl halides is 3. The fourth-order valence-electron chi connectivity index (χ4n) is 2.82. The highest BCUT2D eigenvalue weighted by Crippen LogP contribution is 2.36. The summed E-state index contributed by atoms with van der Waals surface area (Å²) in [5.41, 5.74) is -1.51. The number of halogens is 3. The van der Waals surface area contributed by atoms with Crippen LogP contribution in [0.1, 0.15) is 15.2 Å². The molecule has 0 atom stereocenters. The molecule has 1 aromatic heterocycles. The quantitative estimate of drug-likeness (QED) is 0.598. The van der Waals surface area contributed by atoms with E-state index in [0.29, 0.717) is 37.1 Å². The van der Waals surface area contributed by atoms with Gasteiger partial charge in [-0.15, -0.1) is 11.3 Å². The Kier molecular flexibility index (Phi) is 4.86. The number of rotatable bonds is 3. The SMILES string of the molecule is O=C(c1cccs1)N1CCN(c2ccc(C(F)(F)F)cc2[N+](=O)[O-])CC1. The predicted octanol–water partition coefficient (Wildman–Crippen LogP) is 3.64. The summed E-state index contributed by atoms with van der Waals surface area (Å²) in [6, 6.07) is 6.02. The van der Waals surface area contributed by atoms with Crippen molar-refractivity contribution >= 4 is 28.6 Å². The molecule has 10 heteroatoms. The number of nitrogens with zero attached hydrogens (tertiary/aromatic N) is 3. The van der Waals surface area contributed by atoms with Gasteiger partial charge < -0.3 is 9.80 Å². The third-order valence-electron chi connectivity index (χ3n) is 4.14. The van der Waals surface area contributed by atoms with Crippen LogP contribution in [0.15, 0.2) is 35.7 Å². The lowest BCUT2D eigenvalue weighted by Crippen LogP contribution is -2.48. The zero-order valence-electron chi connectivity index (χ0n) is 13.4. The highest BCUT2D eigenvalue weighted by molar-refractivity contribution is 7.12. The first-order chi connectivity index (χ1) is 12.3. The Morgan fingerprint density at radius 1 is 1.15 bits per heavy atom. The minimum absolute atomic E-state index is 0.110. The van der Waals surface area contributed by atoms with Gasteiger partial charge in [0.2, 0.25) is 0 Å². The van der Waals surface area contributed by atoms with Crippen molar-refractivity contribution in [2.75, 3.05) is 31.1 Å². The minimum Gasteiger partial charge on any atom is -0.362 e. The standard InChI is InChI=1S/C16H14F3N3O3S/c17-16(18,19)11-3-4-12(13(10-11)22(24)25)20-5-7-21(8-6-20)15(23)14-2-1-9-26-14/h1-4,9-10H,5-8H2. The molecule has 1 saturated heterocycles. The second-order valence-electron chi connectivity index (χ2n) is 5.71. The maximum Gasteiger partial charge on any atom is 0.416 e. The summed E-state index contributed by atoms with van der Waals surface area (Å²) >= 11 is 1.33. The number of carbonyl (C=O) groups excluding carboxylic acids is 1. The zero-order valence-corrected chi connectivity index (χ0v) is 14.2. The fourth-order valence-corrected chi connectivity index (χ4v) is 3.51. The summed E-state index contributed by atoms with van der Waals surface area (Å²) in [7, 11) is 0. The van der Waals surface area contributed by atoms with Gasteiger partial charge in [-0.1, -0.05) is 6.07 Å². The molecule has 1 amide bonds. The van der Waals surface area contributed by atoms with Gasteiger partial charge in [-0.25, -0.2) is 0 Å². The second kappa shape index (κ2) is 6.94. The van der Waals surface area contributed by atoms with Crippen molar-refractivity contribution in [3.05, 3.63) is 56.3 Å². The molecule has 1 aliphatic rings. The van der Waals surface area contributed by atoms with E-state index in [1.807, 2.05) is 0 Å². The van der Waals surface area contributed by atoms with Crippen molar-refractivity contribution in [1.29, 1.82) is 0 Å². The molecule has 1 fully saturated rings. The first-order valence-electron chi connectivity index (χ1n) is 7.71. The Balaban J connectivity index is 1.77. The summed E-state index contributed by atoms with van der Waals surface area (Å²) in [4.78, 5) is 26.6. The molecule has 6 nitrogen and oxygen atoms in total. The lowest BCUT2D eigenvalue weighted by molar-refractivity contribution is -0.384. The molecule has 1 aliphatic heterocycles. The van der Waals surface area contributed by atoms with E-state index in [4.69, 9.17) is 0 Å². The maximum absolute atomic E-state index is 12.8. The van der Waals surface area contributed by atoms with E-state index in [1.165, 1.54) is 11.3 Å². The van der Waals surface area contributed by atoms with E-state index in [9.17, 15) is 28.1 Å². The van der Waals surface area contributed by atoms with Crippen LogP contribution in [0.4, 0.5) is 24.5 Å². The molecule has 0 unspecified atom stereocenters. The monoisotopic (exact) mass is 385 g/mol. The Morgan fingerprint density at radius 3 is 2.38 bits per heavy atom. The molecule has 0 N–H and O–H groups in total. The highest BCUT2D eigenvalue weighted by Gasteiger charge is 2.34. The number of piperazine rings is 1. The number of carbonyl (C=O) groups is 1. The van der Waals surface area contributed by atoms with Crippen molar-refractivity contribution in [2.24, 2.45) is 0 Å². The highest BCUT2D eigenvalue weighted by atomic mass is 32.1. The first-order valence-corrected chi connectivity index (χ1v) is 8.58. The minimum atomic E-state index is -4.64. The number of nitro benzene ring substituents is 1. The van der Waals surface area contributed by atoms with E-state index < -0.39 is 22.4 Å². The summed E-state index contributed by atoms with van der Waals surface area (Å²) in [5, 5.41) is 13.0. The van der Waals surface area contributed by atoms with Crippen LogP contribution < -0.4 is 4.90 Å². The van der Waals surface area contributed by atoms with Gasteiger partial charge in [0.15, 0.2) is 0 Å². The van der Waals surface area contributed by atoms with Crippen molar-refractivity contribution in [3.8, 4) is 0 Å². The topological polar surface area (TPSA) is 66.7 Å². The number of hydrogen-bond acceptors (Lipinski definition) is 5. The summed E-state index contributed by atoms with van der Waals surface area (Å²) < 4.78 is 38.4. The predicted molar refractivity (Wildman–Crippen MR) is 90.5 cm³/mol. The van der Waals surface area contributed by atoms with Gasteiger partial charge in [0.05, 0.1) is 15.4 Å². The summed E-state index contributed by atoms with van der Waals surface area (Å²) in [5.74, 6) is -0.110. The first kappa shape index (κ1) is 18.2. The van der Waals surface area contributed by atoms with Gasteiger partial charge in [0.1, 0.15) is 5.69 Å². The number of benzene rings is 1. The molecular weight excluding hydrogens is 371 g/mol. The van der Waals surface area contributed by atoms with Gasteiger partial charge in [-0.3, -0.25) is 14.9 Å². The number of anilines is 1. The maximum atomic E-state index is 12.8. The Morgan fingerprint density at radius 2 is 1.85 bits per heavy atom. The molecular formula is C16H14F3N3O3S. The Hall–Kier alpha value is -2.62. The van der Waals surface area contributed by atoms with E-state index in [1.54, 1.807) is 27.3 Å². The van der Waals surface area contributed by atoms with Crippen LogP contribution in [0, 0.1) is 10.1 Å². The van der Waals surface area contributed by atoms with E-state index >= 15 is 0 Å². The van der Waals surface area contributed by atoms with Crippen molar-refractivity contribution in [3.63, 3.8) is 0 Å². The van der Waals surface area contributed by atoms with E-state index in [-0.39, 0.29) is 11.6 Å². The number of nitro groups is 1. The van der Waals surface area contributed by atoms with Crippen LogP contribution in [0.25, 0.3) is 0 Å². The smallest absolute Gasteiger partial charge is 0.362 e. The Labute approximate surface area is 150 Å². The Bertz CT molecular complexity index is 816. The third-order valence-corrected chi connectivity index (χ3v) is 5.00. The van der Waals surface area contributed by atoms with Crippen LogP contribution in [-0.2, 0) is 6.18 Å². The average molecular weight is 385 g/mol. The van der Waals surface area contributed by atoms with Crippen LogP contribution in [0.5, 0.6) is 0 Å². The van der Waals surface area contributed by atoms with Gasteiger partial charge in [-0.2, -0.15) is 13.2 Å². The molecule has 0 aliphatic carbocycles. The number of amides is 1. The molecule has 138 valence electrons. The molecule has 0 saturated carbocycles. The van der Waals surface area contributed by atoms with Crippen LogP contribution >= 0.6 is 11.3 Å². The largest absolute Gasteiger partial charge is 0.416 e. The normalized spacial score (nSPS) is 15.2. The van der Waals surface area contributed by atoms with E-state index in [2.05, 4.69) is 0 Å². The third kappa shape index (κ3) is 3.64. The van der Waals surface area contributed by atoms with Gasteiger partial charge in [0.25, 0.3) is 11.6 Å². The molecule has 0 radical (unpaired) electrons. The fraction of sp³-hybridized carbons (Fsp3) is 0.312. The van der Waals surface area contributed by atoms with Crippen molar-refractivity contribution in [2.45, 2.75) is 6.18 Å². The van der Waals surface area contributed by atoms with E-state index in [0.717, 1.165) is 12.1 Å². The van der Waals surface area contributed by atoms with Crippen LogP contribution in [0.2, 0.25) is 0 Å². The lowest BCUT2D eigenvalue weighted by Gasteiger charge is -2.35. The molecule has 3 rings (SSSR count). The number of hydrogen-bond donors (Lipinski definition) is 0. The molecule has 0 spiro atoms. The van der Waals surface area contributed by atoms with Crippen molar-refractivity contribution < 1.29 is 22.9 Å². The lowest BCUT2D eigenvalue weighted by atomic mass is 10.1. The number of thiophene rings is 1. The summed E-state index contributed by atoms with van der Waals surface area (Å²) in [6.45, 7) is 1.30. The molecule has 0 bridgehead atoms.